The summed E-state index contributed by atoms with van der Waals surface area (Å²) in [6.45, 7) is 5.93. The van der Waals surface area contributed by atoms with Crippen LogP contribution in [0.15, 0.2) is 0 Å². The van der Waals surface area contributed by atoms with Crippen LogP contribution in [0.5, 0.6) is 0 Å². The molecule has 1 aliphatic heterocycles. The topological polar surface area (TPSA) is 12.5 Å². The van der Waals surface area contributed by atoms with Gasteiger partial charge in [-0.05, 0) is 49.4 Å². The molecule has 0 aromatic rings. The molecule has 1 heterocycles. The quantitative estimate of drug-likeness (QED) is 0.640. The fourth-order valence-electron chi connectivity index (χ4n) is 4.03. The predicted molar refractivity (Wildman–Crippen MR) is 61.8 cm³/mol. The molecule has 3 rings (SSSR count). The van der Waals surface area contributed by atoms with Crippen molar-refractivity contribution in [1.29, 1.82) is 0 Å². The second-order valence-electron chi connectivity index (χ2n) is 6.59. The molecule has 0 aromatic heterocycles. The first-order valence-corrected chi connectivity index (χ1v) is 6.78. The molecule has 0 bridgehead atoms. The maximum atomic E-state index is 5.73. The largest absolute Gasteiger partial charge is 0.370 e. The molecule has 2 saturated carbocycles. The molecule has 1 nitrogen and oxygen atoms in total. The highest BCUT2D eigenvalue weighted by molar-refractivity contribution is 5.14. The Hall–Kier alpha value is -0.0400. The van der Waals surface area contributed by atoms with Gasteiger partial charge < -0.3 is 4.74 Å². The van der Waals surface area contributed by atoms with E-state index in [0.717, 1.165) is 12.0 Å². The van der Waals surface area contributed by atoms with Crippen molar-refractivity contribution in [2.24, 2.45) is 10.8 Å². The Morgan fingerprint density at radius 1 is 1.13 bits per heavy atom. The van der Waals surface area contributed by atoms with Gasteiger partial charge in [-0.1, -0.05) is 26.7 Å². The van der Waals surface area contributed by atoms with Crippen LogP contribution in [0.1, 0.15) is 65.2 Å². The van der Waals surface area contributed by atoms with Gasteiger partial charge in [0.25, 0.3) is 0 Å². The summed E-state index contributed by atoms with van der Waals surface area (Å²) in [5, 5.41) is 0. The van der Waals surface area contributed by atoms with E-state index in [4.69, 9.17) is 4.74 Å². The predicted octanol–water partition coefficient (Wildman–Crippen LogP) is 3.92. The van der Waals surface area contributed by atoms with Gasteiger partial charge in [-0.2, -0.15) is 0 Å². The first kappa shape index (κ1) is 10.1. The van der Waals surface area contributed by atoms with E-state index in [0.29, 0.717) is 11.0 Å². The van der Waals surface area contributed by atoms with E-state index >= 15 is 0 Å². The molecule has 1 heteroatoms. The molecule has 3 fully saturated rings. The van der Waals surface area contributed by atoms with Crippen molar-refractivity contribution >= 4 is 0 Å². The smallest absolute Gasteiger partial charge is 0.0922 e. The van der Waals surface area contributed by atoms with Crippen LogP contribution in [0.4, 0.5) is 0 Å². The first-order chi connectivity index (χ1) is 7.14. The maximum Gasteiger partial charge on any atom is 0.0922 e. The Balaban J connectivity index is 1.76. The summed E-state index contributed by atoms with van der Waals surface area (Å²) in [6, 6.07) is 0. The highest BCUT2D eigenvalue weighted by Crippen LogP contribution is 2.70. The second kappa shape index (κ2) is 3.00. The third-order valence-electron chi connectivity index (χ3n) is 5.54. The third kappa shape index (κ3) is 1.46. The standard InChI is InChI=1S/C14H24O/c1-3-4-5-12(2)10-14(11-15-14)9-8-13(12)6-7-13/h3-11H2,1-2H3. The molecule has 1 saturated heterocycles. The van der Waals surface area contributed by atoms with Crippen molar-refractivity contribution in [1.82, 2.24) is 0 Å². The molecule has 0 radical (unpaired) electrons. The summed E-state index contributed by atoms with van der Waals surface area (Å²) < 4.78 is 5.73. The number of hydrogen-bond donors (Lipinski definition) is 0. The lowest BCUT2D eigenvalue weighted by Gasteiger charge is -2.45. The third-order valence-corrected chi connectivity index (χ3v) is 5.54. The van der Waals surface area contributed by atoms with Crippen LogP contribution in [0.2, 0.25) is 0 Å². The number of hydrogen-bond acceptors (Lipinski definition) is 1. The van der Waals surface area contributed by atoms with E-state index in [1.807, 2.05) is 0 Å². The molecule has 86 valence electrons. The van der Waals surface area contributed by atoms with E-state index < -0.39 is 0 Å². The van der Waals surface area contributed by atoms with E-state index in [9.17, 15) is 0 Å². The second-order valence-corrected chi connectivity index (χ2v) is 6.59. The molecule has 3 aliphatic rings. The molecule has 2 atom stereocenters. The van der Waals surface area contributed by atoms with Crippen molar-refractivity contribution in [3.05, 3.63) is 0 Å². The number of epoxide rings is 1. The minimum absolute atomic E-state index is 0.357. The number of unbranched alkanes of at least 4 members (excludes halogenated alkanes) is 1. The maximum absolute atomic E-state index is 5.73. The van der Waals surface area contributed by atoms with Crippen LogP contribution < -0.4 is 0 Å². The lowest BCUT2D eigenvalue weighted by atomic mass is 9.59. The Kier molecular flexibility index (Phi) is 2.03. The molecular formula is C14H24O. The lowest BCUT2D eigenvalue weighted by Crippen LogP contribution is -2.40. The van der Waals surface area contributed by atoms with Gasteiger partial charge in [-0.15, -0.1) is 0 Å². The van der Waals surface area contributed by atoms with Crippen LogP contribution >= 0.6 is 0 Å². The van der Waals surface area contributed by atoms with Crippen molar-refractivity contribution < 1.29 is 4.74 Å². The summed E-state index contributed by atoms with van der Waals surface area (Å²) in [6.07, 6.45) is 11.4. The summed E-state index contributed by atoms with van der Waals surface area (Å²) in [4.78, 5) is 0. The first-order valence-electron chi connectivity index (χ1n) is 6.78. The summed E-state index contributed by atoms with van der Waals surface area (Å²) in [7, 11) is 0. The zero-order valence-electron chi connectivity index (χ0n) is 10.3. The average Bonchev–Trinajstić information content (AvgIpc) is 3.07. The Bertz CT molecular complexity index is 263. The molecule has 0 aromatic carbocycles. The van der Waals surface area contributed by atoms with Crippen molar-refractivity contribution in [2.75, 3.05) is 6.61 Å². The summed E-state index contributed by atoms with van der Waals surface area (Å²) in [5.74, 6) is 0. The van der Waals surface area contributed by atoms with Gasteiger partial charge in [0, 0.05) is 0 Å². The minimum Gasteiger partial charge on any atom is -0.370 e. The van der Waals surface area contributed by atoms with Crippen LogP contribution in [0.25, 0.3) is 0 Å². The van der Waals surface area contributed by atoms with Gasteiger partial charge in [-0.25, -0.2) is 0 Å². The highest BCUT2D eigenvalue weighted by atomic mass is 16.6. The number of ether oxygens (including phenoxy) is 1. The summed E-state index contributed by atoms with van der Waals surface area (Å²) in [5.41, 5.74) is 1.72. The van der Waals surface area contributed by atoms with Crippen molar-refractivity contribution in [3.8, 4) is 0 Å². The fourth-order valence-corrected chi connectivity index (χ4v) is 4.03. The van der Waals surface area contributed by atoms with Gasteiger partial charge in [0.15, 0.2) is 0 Å². The molecule has 2 spiro atoms. The van der Waals surface area contributed by atoms with Gasteiger partial charge in [0.2, 0.25) is 0 Å². The SMILES string of the molecule is CCCCC1(C)CC2(CCC13CC3)CO2. The zero-order valence-corrected chi connectivity index (χ0v) is 10.3. The molecule has 0 N–H and O–H groups in total. The monoisotopic (exact) mass is 208 g/mol. The van der Waals surface area contributed by atoms with Gasteiger partial charge in [0.1, 0.15) is 0 Å². The minimum atomic E-state index is 0.357. The fraction of sp³-hybridized carbons (Fsp3) is 1.00. The molecule has 15 heavy (non-hydrogen) atoms. The van der Waals surface area contributed by atoms with Gasteiger partial charge in [0.05, 0.1) is 12.2 Å². The van der Waals surface area contributed by atoms with Crippen LogP contribution in [0, 0.1) is 10.8 Å². The Morgan fingerprint density at radius 3 is 2.33 bits per heavy atom. The average molecular weight is 208 g/mol. The van der Waals surface area contributed by atoms with Crippen LogP contribution in [-0.2, 0) is 4.74 Å². The Morgan fingerprint density at radius 2 is 1.80 bits per heavy atom. The molecule has 0 amide bonds. The molecule has 2 unspecified atom stereocenters. The summed E-state index contributed by atoms with van der Waals surface area (Å²) >= 11 is 0. The van der Waals surface area contributed by atoms with Crippen molar-refractivity contribution in [2.45, 2.75) is 70.8 Å². The van der Waals surface area contributed by atoms with Gasteiger partial charge in [-0.3, -0.25) is 0 Å². The molecular weight excluding hydrogens is 184 g/mol. The molecule has 2 aliphatic carbocycles. The zero-order chi connectivity index (χ0) is 10.6. The van der Waals surface area contributed by atoms with E-state index in [2.05, 4.69) is 13.8 Å². The van der Waals surface area contributed by atoms with E-state index in [1.165, 1.54) is 51.4 Å². The normalized spacial score (nSPS) is 46.0. The van der Waals surface area contributed by atoms with E-state index in [-0.39, 0.29) is 0 Å². The van der Waals surface area contributed by atoms with Gasteiger partial charge >= 0.3 is 0 Å². The highest BCUT2D eigenvalue weighted by Gasteiger charge is 2.64. The van der Waals surface area contributed by atoms with E-state index in [1.54, 1.807) is 0 Å². The number of rotatable bonds is 3. The Labute approximate surface area is 93.6 Å². The van der Waals surface area contributed by atoms with Crippen molar-refractivity contribution in [3.63, 3.8) is 0 Å². The van der Waals surface area contributed by atoms with Crippen LogP contribution in [0.3, 0.4) is 0 Å². The lowest BCUT2D eigenvalue weighted by molar-refractivity contribution is 0.0267. The van der Waals surface area contributed by atoms with Crippen LogP contribution in [-0.4, -0.2) is 12.2 Å².